The van der Waals surface area contributed by atoms with Gasteiger partial charge in [0, 0.05) is 17.3 Å². The molecule has 1 unspecified atom stereocenters. The Hall–Kier alpha value is -2.24. The highest BCUT2D eigenvalue weighted by Crippen LogP contribution is 2.30. The van der Waals surface area contributed by atoms with Crippen LogP contribution in [0.3, 0.4) is 0 Å². The lowest BCUT2D eigenvalue weighted by Gasteiger charge is -2.16. The molecule has 0 radical (unpaired) electrons. The van der Waals surface area contributed by atoms with Crippen molar-refractivity contribution in [3.8, 4) is 0 Å². The average molecular weight is 392 g/mol. The van der Waals surface area contributed by atoms with E-state index in [-0.39, 0.29) is 23.9 Å². The van der Waals surface area contributed by atoms with E-state index in [2.05, 4.69) is 16.0 Å². The van der Waals surface area contributed by atoms with Crippen molar-refractivity contribution in [2.24, 2.45) is 5.92 Å². The minimum absolute atomic E-state index is 0.0740. The van der Waals surface area contributed by atoms with Crippen LogP contribution in [0, 0.1) is 5.92 Å². The summed E-state index contributed by atoms with van der Waals surface area (Å²) in [5.74, 6) is 0.241. The van der Waals surface area contributed by atoms with Gasteiger partial charge in [-0.2, -0.15) is 0 Å². The number of urea groups is 1. The summed E-state index contributed by atoms with van der Waals surface area (Å²) in [7, 11) is 0. The van der Waals surface area contributed by atoms with Gasteiger partial charge in [-0.05, 0) is 55.7 Å². The van der Waals surface area contributed by atoms with Crippen molar-refractivity contribution in [2.45, 2.75) is 25.8 Å². The Labute approximate surface area is 162 Å². The molecule has 1 fully saturated rings. The minimum Gasteiger partial charge on any atom is -0.331 e. The number of anilines is 2. The maximum absolute atomic E-state index is 12.1. The molecule has 0 bridgehead atoms. The van der Waals surface area contributed by atoms with Gasteiger partial charge in [0.25, 0.3) is 0 Å². The lowest BCUT2D eigenvalue weighted by atomic mass is 10.1. The van der Waals surface area contributed by atoms with Crippen LogP contribution in [0.15, 0.2) is 42.5 Å². The molecule has 7 heteroatoms. The summed E-state index contributed by atoms with van der Waals surface area (Å²) < 4.78 is 0. The molecule has 1 aliphatic rings. The van der Waals surface area contributed by atoms with Gasteiger partial charge in [-0.15, -0.1) is 0 Å². The molecular weight excluding hydrogens is 373 g/mol. The normalized spacial score (nSPS) is 14.4. The fourth-order valence-corrected chi connectivity index (χ4v) is 2.76. The minimum atomic E-state index is -0.345. The van der Waals surface area contributed by atoms with Crippen molar-refractivity contribution < 1.29 is 9.59 Å². The summed E-state index contributed by atoms with van der Waals surface area (Å²) in [4.78, 5) is 23.9. The fraction of sp³-hybridized carbons (Fsp3) is 0.263. The Morgan fingerprint density at radius 3 is 2.23 bits per heavy atom. The third kappa shape index (κ3) is 4.90. The van der Waals surface area contributed by atoms with Gasteiger partial charge < -0.3 is 16.0 Å². The first-order chi connectivity index (χ1) is 12.4. The summed E-state index contributed by atoms with van der Waals surface area (Å²) in [5, 5.41) is 9.27. The van der Waals surface area contributed by atoms with Crippen LogP contribution < -0.4 is 16.0 Å². The number of hydrogen-bond acceptors (Lipinski definition) is 2. The van der Waals surface area contributed by atoms with E-state index in [4.69, 9.17) is 23.2 Å². The molecule has 2 aromatic carbocycles. The second-order valence-corrected chi connectivity index (χ2v) is 7.15. The van der Waals surface area contributed by atoms with E-state index in [0.717, 1.165) is 24.1 Å². The average Bonchev–Trinajstić information content (AvgIpc) is 3.44. The van der Waals surface area contributed by atoms with Gasteiger partial charge in [0.2, 0.25) is 5.91 Å². The van der Waals surface area contributed by atoms with Gasteiger partial charge in [-0.1, -0.05) is 35.3 Å². The van der Waals surface area contributed by atoms with Crippen LogP contribution in [0.25, 0.3) is 0 Å². The highest BCUT2D eigenvalue weighted by atomic mass is 35.5. The fourth-order valence-electron chi connectivity index (χ4n) is 2.47. The van der Waals surface area contributed by atoms with E-state index in [1.165, 1.54) is 0 Å². The van der Waals surface area contributed by atoms with E-state index in [1.54, 1.807) is 18.2 Å². The van der Waals surface area contributed by atoms with Gasteiger partial charge in [0.05, 0.1) is 16.1 Å². The summed E-state index contributed by atoms with van der Waals surface area (Å²) in [6, 6.07) is 11.8. The van der Waals surface area contributed by atoms with Crippen LogP contribution in [0.2, 0.25) is 10.0 Å². The van der Waals surface area contributed by atoms with Gasteiger partial charge >= 0.3 is 6.03 Å². The highest BCUT2D eigenvalue weighted by molar-refractivity contribution is 6.42. The standard InChI is InChI=1S/C19H19Cl2N3O2/c1-11(22-19(26)24-15-8-9-16(20)17(21)10-15)12-4-6-14(7-5-12)23-18(25)13-2-3-13/h4-11,13H,2-3H2,1H3,(H,23,25)(H2,22,24,26). The van der Waals surface area contributed by atoms with Crippen LogP contribution in [0.4, 0.5) is 16.2 Å². The molecule has 1 saturated carbocycles. The zero-order valence-electron chi connectivity index (χ0n) is 14.2. The maximum Gasteiger partial charge on any atom is 0.319 e. The molecule has 1 aliphatic carbocycles. The number of carbonyl (C=O) groups is 2. The zero-order chi connectivity index (χ0) is 18.7. The number of benzene rings is 2. The summed E-state index contributed by atoms with van der Waals surface area (Å²) in [5.41, 5.74) is 2.25. The third-order valence-electron chi connectivity index (χ3n) is 4.15. The monoisotopic (exact) mass is 391 g/mol. The van der Waals surface area contributed by atoms with Crippen molar-refractivity contribution in [3.05, 3.63) is 58.1 Å². The molecule has 3 rings (SSSR count). The molecule has 2 aromatic rings. The van der Waals surface area contributed by atoms with E-state index in [1.807, 2.05) is 31.2 Å². The Kier molecular flexibility index (Phi) is 5.69. The number of nitrogens with one attached hydrogen (secondary N) is 3. The molecular formula is C19H19Cl2N3O2. The van der Waals surface area contributed by atoms with E-state index >= 15 is 0 Å². The summed E-state index contributed by atoms with van der Waals surface area (Å²) >= 11 is 11.8. The zero-order valence-corrected chi connectivity index (χ0v) is 15.7. The lowest BCUT2D eigenvalue weighted by molar-refractivity contribution is -0.117. The third-order valence-corrected chi connectivity index (χ3v) is 4.89. The molecule has 0 aromatic heterocycles. The predicted octanol–water partition coefficient (Wildman–Crippen LogP) is 5.22. The smallest absolute Gasteiger partial charge is 0.319 e. The Morgan fingerprint density at radius 2 is 1.62 bits per heavy atom. The van der Waals surface area contributed by atoms with Gasteiger partial charge in [0.15, 0.2) is 0 Å². The molecule has 0 saturated heterocycles. The van der Waals surface area contributed by atoms with Crippen molar-refractivity contribution in [1.29, 1.82) is 0 Å². The van der Waals surface area contributed by atoms with Crippen LogP contribution >= 0.6 is 23.2 Å². The van der Waals surface area contributed by atoms with Gasteiger partial charge in [-0.25, -0.2) is 4.79 Å². The SMILES string of the molecule is CC(NC(=O)Nc1ccc(Cl)c(Cl)c1)c1ccc(NC(=O)C2CC2)cc1. The van der Waals surface area contributed by atoms with Crippen molar-refractivity contribution in [3.63, 3.8) is 0 Å². The molecule has 0 spiro atoms. The number of rotatable bonds is 5. The number of amides is 3. The number of halogens is 2. The highest BCUT2D eigenvalue weighted by Gasteiger charge is 2.29. The molecule has 1 atom stereocenters. The first kappa shape index (κ1) is 18.5. The van der Waals surface area contributed by atoms with Gasteiger partial charge in [0.1, 0.15) is 0 Å². The summed E-state index contributed by atoms with van der Waals surface area (Å²) in [6.07, 6.45) is 1.94. The molecule has 136 valence electrons. The van der Waals surface area contributed by atoms with Gasteiger partial charge in [-0.3, -0.25) is 4.79 Å². The number of hydrogen-bond donors (Lipinski definition) is 3. The maximum atomic E-state index is 12.1. The Morgan fingerprint density at radius 1 is 0.962 bits per heavy atom. The first-order valence-corrected chi connectivity index (χ1v) is 9.11. The molecule has 5 nitrogen and oxygen atoms in total. The summed E-state index contributed by atoms with van der Waals surface area (Å²) in [6.45, 7) is 1.88. The van der Waals surface area contributed by atoms with Crippen molar-refractivity contribution >= 4 is 46.5 Å². The lowest BCUT2D eigenvalue weighted by Crippen LogP contribution is -2.31. The van der Waals surface area contributed by atoms with E-state index < -0.39 is 0 Å². The largest absolute Gasteiger partial charge is 0.331 e. The molecule has 0 aliphatic heterocycles. The van der Waals surface area contributed by atoms with Crippen molar-refractivity contribution in [2.75, 3.05) is 10.6 Å². The molecule has 3 N–H and O–H groups in total. The number of carbonyl (C=O) groups excluding carboxylic acids is 2. The quantitative estimate of drug-likeness (QED) is 0.653. The van der Waals surface area contributed by atoms with E-state index in [0.29, 0.717) is 15.7 Å². The van der Waals surface area contributed by atoms with Crippen LogP contribution in [-0.4, -0.2) is 11.9 Å². The molecule has 26 heavy (non-hydrogen) atoms. The van der Waals surface area contributed by atoms with Crippen LogP contribution in [0.5, 0.6) is 0 Å². The second-order valence-electron chi connectivity index (χ2n) is 6.33. The Balaban J connectivity index is 1.54. The first-order valence-electron chi connectivity index (χ1n) is 8.36. The van der Waals surface area contributed by atoms with Crippen LogP contribution in [0.1, 0.15) is 31.4 Å². The molecule has 0 heterocycles. The van der Waals surface area contributed by atoms with Crippen LogP contribution in [-0.2, 0) is 4.79 Å². The van der Waals surface area contributed by atoms with E-state index in [9.17, 15) is 9.59 Å². The second kappa shape index (κ2) is 7.98. The topological polar surface area (TPSA) is 70.2 Å². The Bertz CT molecular complexity index is 820. The predicted molar refractivity (Wildman–Crippen MR) is 105 cm³/mol. The van der Waals surface area contributed by atoms with Crippen molar-refractivity contribution in [1.82, 2.24) is 5.32 Å². The molecule has 3 amide bonds.